The molecule has 0 saturated carbocycles. The van der Waals surface area contributed by atoms with Crippen molar-refractivity contribution >= 4 is 15.9 Å². The number of nitrogens with zero attached hydrogens (tertiary/aromatic N) is 2. The highest BCUT2D eigenvalue weighted by Crippen LogP contribution is 2.29. The number of ether oxygens (including phenoxy) is 1. The Morgan fingerprint density at radius 3 is 2.95 bits per heavy atom. The summed E-state index contributed by atoms with van der Waals surface area (Å²) in [5.74, 6) is 1.74. The van der Waals surface area contributed by atoms with Gasteiger partial charge in [-0.15, -0.1) is 0 Å². The maximum Gasteiger partial charge on any atom is 0.264 e. The molecule has 0 fully saturated rings. The lowest BCUT2D eigenvalue weighted by molar-refractivity contribution is 0.185. The Hall–Kier alpha value is -1.40. The summed E-state index contributed by atoms with van der Waals surface area (Å²) in [7, 11) is 0. The van der Waals surface area contributed by atoms with Crippen LogP contribution in [-0.4, -0.2) is 15.2 Å². The second-order valence-electron chi connectivity index (χ2n) is 4.50. The number of benzene rings is 1. The van der Waals surface area contributed by atoms with Crippen molar-refractivity contribution in [2.75, 3.05) is 0 Å². The highest BCUT2D eigenvalue weighted by Gasteiger charge is 2.12. The fourth-order valence-electron chi connectivity index (χ4n) is 1.79. The molecule has 0 spiro atoms. The molecule has 0 bridgehead atoms. The fraction of sp³-hybridized carbons (Fsp3) is 0.429. The number of aromatic nitrogens is 2. The summed E-state index contributed by atoms with van der Waals surface area (Å²) < 4.78 is 11.7. The molecule has 0 aliphatic rings. The first-order chi connectivity index (χ1) is 9.60. The predicted octanol–water partition coefficient (Wildman–Crippen LogP) is 3.42. The average Bonchev–Trinajstić information content (AvgIpc) is 2.85. The van der Waals surface area contributed by atoms with Gasteiger partial charge in [-0.1, -0.05) is 28.0 Å². The largest absolute Gasteiger partial charge is 0.483 e. The van der Waals surface area contributed by atoms with Crippen molar-refractivity contribution in [1.82, 2.24) is 10.1 Å². The van der Waals surface area contributed by atoms with Gasteiger partial charge >= 0.3 is 0 Å². The van der Waals surface area contributed by atoms with E-state index in [-0.39, 0.29) is 6.61 Å². The first-order valence-electron chi connectivity index (χ1n) is 6.52. The Morgan fingerprint density at radius 1 is 1.45 bits per heavy atom. The number of hydrogen-bond acceptors (Lipinski definition) is 5. The molecule has 0 aliphatic carbocycles. The van der Waals surface area contributed by atoms with E-state index >= 15 is 0 Å². The fourth-order valence-corrected chi connectivity index (χ4v) is 2.17. The van der Waals surface area contributed by atoms with Crippen LogP contribution in [0, 0.1) is 0 Å². The van der Waals surface area contributed by atoms with E-state index < -0.39 is 6.10 Å². The van der Waals surface area contributed by atoms with Crippen LogP contribution in [0.2, 0.25) is 0 Å². The molecule has 0 aliphatic heterocycles. The lowest BCUT2D eigenvalue weighted by Crippen LogP contribution is -2.01. The summed E-state index contributed by atoms with van der Waals surface area (Å²) in [6.07, 6.45) is 1.15. The highest BCUT2D eigenvalue weighted by molar-refractivity contribution is 9.10. The summed E-state index contributed by atoms with van der Waals surface area (Å²) >= 11 is 3.37. The molecule has 1 heterocycles. The third-order valence-corrected chi connectivity index (χ3v) is 3.25. The van der Waals surface area contributed by atoms with Crippen LogP contribution in [0.4, 0.5) is 0 Å². The molecule has 0 unspecified atom stereocenters. The van der Waals surface area contributed by atoms with Crippen LogP contribution in [-0.2, 0) is 13.0 Å². The first kappa shape index (κ1) is 15.0. The average molecular weight is 341 g/mol. The molecule has 1 N–H and O–H groups in total. The topological polar surface area (TPSA) is 68.4 Å². The smallest absolute Gasteiger partial charge is 0.264 e. The Bertz CT molecular complexity index is 569. The van der Waals surface area contributed by atoms with Crippen molar-refractivity contribution in [3.63, 3.8) is 0 Å². The van der Waals surface area contributed by atoms with Gasteiger partial charge in [0.25, 0.3) is 5.89 Å². The van der Waals surface area contributed by atoms with Crippen LogP contribution in [0.25, 0.3) is 0 Å². The number of hydrogen-bond donors (Lipinski definition) is 1. The monoisotopic (exact) mass is 340 g/mol. The Kier molecular flexibility index (Phi) is 5.14. The van der Waals surface area contributed by atoms with Crippen molar-refractivity contribution in [2.24, 2.45) is 0 Å². The van der Waals surface area contributed by atoms with Crippen molar-refractivity contribution in [3.8, 4) is 5.75 Å². The zero-order chi connectivity index (χ0) is 14.5. The maximum atomic E-state index is 9.75. The van der Waals surface area contributed by atoms with E-state index in [0.717, 1.165) is 17.3 Å². The zero-order valence-corrected chi connectivity index (χ0v) is 13.1. The second-order valence-corrected chi connectivity index (χ2v) is 5.42. The Morgan fingerprint density at radius 2 is 2.25 bits per heavy atom. The van der Waals surface area contributed by atoms with Gasteiger partial charge in [0, 0.05) is 16.5 Å². The van der Waals surface area contributed by atoms with Crippen molar-refractivity contribution in [1.29, 1.82) is 0 Å². The Balaban J connectivity index is 2.06. The molecule has 1 aromatic carbocycles. The quantitative estimate of drug-likeness (QED) is 0.872. The van der Waals surface area contributed by atoms with Crippen LogP contribution < -0.4 is 4.74 Å². The van der Waals surface area contributed by atoms with Gasteiger partial charge in [-0.05, 0) is 31.5 Å². The van der Waals surface area contributed by atoms with Crippen LogP contribution in [0.3, 0.4) is 0 Å². The molecule has 0 saturated heterocycles. The minimum absolute atomic E-state index is 0.193. The van der Waals surface area contributed by atoms with Gasteiger partial charge < -0.3 is 14.4 Å². The normalized spacial score (nSPS) is 12.4. The highest BCUT2D eigenvalue weighted by atomic mass is 79.9. The van der Waals surface area contributed by atoms with Gasteiger partial charge in [0.15, 0.2) is 12.4 Å². The lowest BCUT2D eigenvalue weighted by atomic mass is 10.1. The van der Waals surface area contributed by atoms with E-state index in [1.165, 1.54) is 0 Å². The third kappa shape index (κ3) is 3.80. The number of aliphatic hydroxyl groups excluding tert-OH is 1. The minimum Gasteiger partial charge on any atom is -0.483 e. The first-order valence-corrected chi connectivity index (χ1v) is 7.31. The summed E-state index contributed by atoms with van der Waals surface area (Å²) in [4.78, 5) is 4.23. The second kappa shape index (κ2) is 6.85. The van der Waals surface area contributed by atoms with E-state index in [0.29, 0.717) is 23.0 Å². The summed E-state index contributed by atoms with van der Waals surface area (Å²) in [6, 6.07) is 5.49. The molecule has 0 amide bonds. The van der Waals surface area contributed by atoms with Gasteiger partial charge in [0.1, 0.15) is 5.75 Å². The molecule has 20 heavy (non-hydrogen) atoms. The molecule has 108 valence electrons. The molecule has 6 heteroatoms. The van der Waals surface area contributed by atoms with Crippen molar-refractivity contribution < 1.29 is 14.4 Å². The van der Waals surface area contributed by atoms with Crippen LogP contribution in [0.1, 0.15) is 43.7 Å². The van der Waals surface area contributed by atoms with E-state index in [1.807, 2.05) is 12.1 Å². The molecule has 2 aromatic rings. The molecule has 5 nitrogen and oxygen atoms in total. The lowest BCUT2D eigenvalue weighted by Gasteiger charge is -2.12. The maximum absolute atomic E-state index is 9.75. The number of rotatable bonds is 6. The van der Waals surface area contributed by atoms with Gasteiger partial charge in [-0.25, -0.2) is 0 Å². The number of aryl methyl sites for hydroxylation is 1. The van der Waals surface area contributed by atoms with Gasteiger partial charge in [-0.3, -0.25) is 0 Å². The van der Waals surface area contributed by atoms with Crippen LogP contribution in [0.15, 0.2) is 27.2 Å². The van der Waals surface area contributed by atoms with Gasteiger partial charge in [-0.2, -0.15) is 4.98 Å². The molecular weight excluding hydrogens is 324 g/mol. The number of halogens is 1. The zero-order valence-electron chi connectivity index (χ0n) is 11.5. The standard InChI is InChI=1S/C14H17BrN2O3/c1-3-4-13-16-14(20-17-13)8-19-12-6-5-10(15)7-11(12)9(2)18/h5-7,9,18H,3-4,8H2,1-2H3/t9-/m1/s1. The summed E-state index contributed by atoms with van der Waals surface area (Å²) in [5, 5.41) is 13.6. The SMILES string of the molecule is CCCc1noc(COc2ccc(Br)cc2[C@@H](C)O)n1. The van der Waals surface area contributed by atoms with Gasteiger partial charge in [0.05, 0.1) is 6.10 Å². The molecule has 0 radical (unpaired) electrons. The van der Waals surface area contributed by atoms with Crippen LogP contribution >= 0.6 is 15.9 Å². The van der Waals surface area contributed by atoms with E-state index in [2.05, 4.69) is 33.0 Å². The van der Waals surface area contributed by atoms with Crippen molar-refractivity contribution in [2.45, 2.75) is 39.4 Å². The van der Waals surface area contributed by atoms with Crippen LogP contribution in [0.5, 0.6) is 5.75 Å². The van der Waals surface area contributed by atoms with Gasteiger partial charge in [0.2, 0.25) is 0 Å². The molecule has 1 aromatic heterocycles. The molecule has 1 atom stereocenters. The van der Waals surface area contributed by atoms with E-state index in [9.17, 15) is 5.11 Å². The summed E-state index contributed by atoms with van der Waals surface area (Å²) in [6.45, 7) is 3.95. The van der Waals surface area contributed by atoms with E-state index in [1.54, 1.807) is 13.0 Å². The molecule has 2 rings (SSSR count). The minimum atomic E-state index is -0.610. The summed E-state index contributed by atoms with van der Waals surface area (Å²) in [5.41, 5.74) is 0.715. The Labute approximate surface area is 126 Å². The van der Waals surface area contributed by atoms with E-state index in [4.69, 9.17) is 9.26 Å². The van der Waals surface area contributed by atoms with Crippen molar-refractivity contribution in [3.05, 3.63) is 40.0 Å². The number of aliphatic hydroxyl groups is 1. The third-order valence-electron chi connectivity index (χ3n) is 2.76. The predicted molar refractivity (Wildman–Crippen MR) is 77.4 cm³/mol. The molecular formula is C14H17BrN2O3.